The topological polar surface area (TPSA) is 12.0 Å². The highest BCUT2D eigenvalue weighted by atomic mass is 14.8. The van der Waals surface area contributed by atoms with Gasteiger partial charge in [0.1, 0.15) is 0 Å². The van der Waals surface area contributed by atoms with Crippen LogP contribution < -0.4 is 5.32 Å². The fraction of sp³-hybridized carbons (Fsp3) is 0.667. The minimum absolute atomic E-state index is 1.07. The summed E-state index contributed by atoms with van der Waals surface area (Å²) in [5.74, 6) is 0. The maximum atomic E-state index is 3.71. The first-order valence-electron chi connectivity index (χ1n) is 5.28. The van der Waals surface area contributed by atoms with Gasteiger partial charge < -0.3 is 5.32 Å². The molecule has 0 aromatic rings. The molecule has 0 unspecified atom stereocenters. The average Bonchev–Trinajstić information content (AvgIpc) is 2.13. The Hall–Kier alpha value is -0.560. The van der Waals surface area contributed by atoms with Crippen LogP contribution in [0.25, 0.3) is 0 Å². The van der Waals surface area contributed by atoms with Gasteiger partial charge in [-0.05, 0) is 45.7 Å². The normalized spacial score (nSPS) is 11.7. The molecule has 0 bridgehead atoms. The molecule has 1 heteroatoms. The molecule has 0 rings (SSSR count). The Morgan fingerprint density at radius 2 is 2.15 bits per heavy atom. The van der Waals surface area contributed by atoms with Crippen LogP contribution in [0.15, 0.2) is 24.3 Å². The summed E-state index contributed by atoms with van der Waals surface area (Å²) < 4.78 is 0. The van der Waals surface area contributed by atoms with Crippen molar-refractivity contribution in [1.29, 1.82) is 0 Å². The number of unbranched alkanes of at least 4 members (excludes halogenated alkanes) is 1. The van der Waals surface area contributed by atoms with E-state index in [-0.39, 0.29) is 0 Å². The SMILES string of the molecule is C=CCCCC(C)=CCCNCC. The lowest BCUT2D eigenvalue weighted by Gasteiger charge is -2.00. The van der Waals surface area contributed by atoms with E-state index in [4.69, 9.17) is 0 Å². The van der Waals surface area contributed by atoms with Gasteiger partial charge >= 0.3 is 0 Å². The van der Waals surface area contributed by atoms with Crippen molar-refractivity contribution >= 4 is 0 Å². The van der Waals surface area contributed by atoms with E-state index >= 15 is 0 Å². The molecule has 0 aromatic heterocycles. The molecule has 76 valence electrons. The lowest BCUT2D eigenvalue weighted by atomic mass is 10.1. The molecule has 0 saturated heterocycles. The van der Waals surface area contributed by atoms with Crippen molar-refractivity contribution < 1.29 is 0 Å². The zero-order valence-electron chi connectivity index (χ0n) is 9.10. The van der Waals surface area contributed by atoms with Crippen molar-refractivity contribution in [2.75, 3.05) is 13.1 Å². The highest BCUT2D eigenvalue weighted by Crippen LogP contribution is 2.07. The number of hydrogen-bond donors (Lipinski definition) is 1. The molecule has 0 heterocycles. The van der Waals surface area contributed by atoms with Gasteiger partial charge in [-0.2, -0.15) is 0 Å². The van der Waals surface area contributed by atoms with Crippen LogP contribution in [0.5, 0.6) is 0 Å². The minimum atomic E-state index is 1.07. The standard InChI is InChI=1S/C12H23N/c1-4-6-7-9-12(3)10-8-11-13-5-2/h4,10,13H,1,5-9,11H2,2-3H3. The first-order chi connectivity index (χ1) is 6.31. The molecule has 0 amide bonds. The van der Waals surface area contributed by atoms with E-state index in [1.165, 1.54) is 18.4 Å². The van der Waals surface area contributed by atoms with Crippen molar-refractivity contribution in [3.63, 3.8) is 0 Å². The molecule has 0 aromatic carbocycles. The van der Waals surface area contributed by atoms with Crippen molar-refractivity contribution in [1.82, 2.24) is 5.32 Å². The third-order valence-corrected chi connectivity index (χ3v) is 2.04. The van der Waals surface area contributed by atoms with Crippen LogP contribution in [-0.2, 0) is 0 Å². The van der Waals surface area contributed by atoms with Crippen molar-refractivity contribution in [2.45, 2.75) is 39.5 Å². The van der Waals surface area contributed by atoms with Crippen LogP contribution in [0.2, 0.25) is 0 Å². The minimum Gasteiger partial charge on any atom is -0.317 e. The summed E-state index contributed by atoms with van der Waals surface area (Å²) >= 11 is 0. The van der Waals surface area contributed by atoms with Crippen LogP contribution in [-0.4, -0.2) is 13.1 Å². The van der Waals surface area contributed by atoms with Gasteiger partial charge in [0.2, 0.25) is 0 Å². The fourth-order valence-corrected chi connectivity index (χ4v) is 1.22. The summed E-state index contributed by atoms with van der Waals surface area (Å²) in [4.78, 5) is 0. The molecule has 0 atom stereocenters. The van der Waals surface area contributed by atoms with E-state index in [1.54, 1.807) is 0 Å². The summed E-state index contributed by atoms with van der Waals surface area (Å²) in [6.45, 7) is 10.3. The van der Waals surface area contributed by atoms with Gasteiger partial charge in [0.15, 0.2) is 0 Å². The average molecular weight is 181 g/mol. The van der Waals surface area contributed by atoms with E-state index in [0.717, 1.165) is 25.9 Å². The second-order valence-corrected chi connectivity index (χ2v) is 3.37. The number of rotatable bonds is 8. The van der Waals surface area contributed by atoms with Crippen LogP contribution in [0, 0.1) is 0 Å². The van der Waals surface area contributed by atoms with E-state index in [2.05, 4.69) is 31.8 Å². The van der Waals surface area contributed by atoms with Crippen LogP contribution in [0.4, 0.5) is 0 Å². The predicted octanol–water partition coefficient (Wildman–Crippen LogP) is 3.29. The second kappa shape index (κ2) is 9.53. The van der Waals surface area contributed by atoms with E-state index in [9.17, 15) is 0 Å². The van der Waals surface area contributed by atoms with Gasteiger partial charge in [-0.1, -0.05) is 24.6 Å². The molecular weight excluding hydrogens is 158 g/mol. The second-order valence-electron chi connectivity index (χ2n) is 3.37. The molecular formula is C12H23N. The van der Waals surface area contributed by atoms with Crippen molar-refractivity contribution in [3.8, 4) is 0 Å². The van der Waals surface area contributed by atoms with Crippen molar-refractivity contribution in [2.24, 2.45) is 0 Å². The maximum absolute atomic E-state index is 3.71. The first-order valence-corrected chi connectivity index (χ1v) is 5.28. The van der Waals surface area contributed by atoms with Crippen molar-refractivity contribution in [3.05, 3.63) is 24.3 Å². The van der Waals surface area contributed by atoms with E-state index < -0.39 is 0 Å². The maximum Gasteiger partial charge on any atom is -0.00143 e. The van der Waals surface area contributed by atoms with E-state index in [0.29, 0.717) is 0 Å². The number of nitrogens with one attached hydrogen (secondary N) is 1. The van der Waals surface area contributed by atoms with Crippen LogP contribution in [0.1, 0.15) is 39.5 Å². The summed E-state index contributed by atoms with van der Waals surface area (Å²) in [5.41, 5.74) is 1.51. The molecule has 0 radical (unpaired) electrons. The molecule has 1 N–H and O–H groups in total. The summed E-state index contributed by atoms with van der Waals surface area (Å²) in [5, 5.41) is 3.31. The Bertz CT molecular complexity index is 147. The monoisotopic (exact) mass is 181 g/mol. The van der Waals surface area contributed by atoms with Gasteiger partial charge in [-0.3, -0.25) is 0 Å². The number of allylic oxidation sites excluding steroid dienone is 2. The Kier molecular flexibility index (Phi) is 9.12. The molecule has 0 aliphatic rings. The fourth-order valence-electron chi connectivity index (χ4n) is 1.22. The Morgan fingerprint density at radius 3 is 2.77 bits per heavy atom. The van der Waals surface area contributed by atoms with Crippen LogP contribution in [0.3, 0.4) is 0 Å². The summed E-state index contributed by atoms with van der Waals surface area (Å²) in [7, 11) is 0. The summed E-state index contributed by atoms with van der Waals surface area (Å²) in [6.07, 6.45) is 9.09. The van der Waals surface area contributed by atoms with Gasteiger partial charge in [-0.15, -0.1) is 6.58 Å². The third kappa shape index (κ3) is 9.35. The highest BCUT2D eigenvalue weighted by molar-refractivity contribution is 4.98. The zero-order valence-corrected chi connectivity index (χ0v) is 9.10. The third-order valence-electron chi connectivity index (χ3n) is 2.04. The van der Waals surface area contributed by atoms with Gasteiger partial charge in [0.05, 0.1) is 0 Å². The lowest BCUT2D eigenvalue weighted by Crippen LogP contribution is -2.13. The lowest BCUT2D eigenvalue weighted by molar-refractivity contribution is 0.721. The molecule has 0 saturated carbocycles. The Labute approximate surface area is 82.9 Å². The molecule has 0 aliphatic heterocycles. The molecule has 0 aliphatic carbocycles. The highest BCUT2D eigenvalue weighted by Gasteiger charge is 1.89. The predicted molar refractivity (Wildman–Crippen MR) is 61.0 cm³/mol. The van der Waals surface area contributed by atoms with Crippen LogP contribution >= 0.6 is 0 Å². The molecule has 0 spiro atoms. The smallest absolute Gasteiger partial charge is 0.00143 e. The quantitative estimate of drug-likeness (QED) is 0.447. The molecule has 13 heavy (non-hydrogen) atoms. The Balaban J connectivity index is 3.33. The van der Waals surface area contributed by atoms with E-state index in [1.807, 2.05) is 6.08 Å². The largest absolute Gasteiger partial charge is 0.317 e. The molecule has 0 fully saturated rings. The molecule has 1 nitrogen and oxygen atoms in total. The van der Waals surface area contributed by atoms with Gasteiger partial charge in [-0.25, -0.2) is 0 Å². The van der Waals surface area contributed by atoms with Gasteiger partial charge in [0, 0.05) is 0 Å². The summed E-state index contributed by atoms with van der Waals surface area (Å²) in [6, 6.07) is 0. The Morgan fingerprint density at radius 1 is 1.38 bits per heavy atom. The zero-order chi connectivity index (χ0) is 9.94. The first kappa shape index (κ1) is 12.4. The van der Waals surface area contributed by atoms with Gasteiger partial charge in [0.25, 0.3) is 0 Å². The number of hydrogen-bond acceptors (Lipinski definition) is 1.